The van der Waals surface area contributed by atoms with Gasteiger partial charge in [-0.05, 0) is 50.8 Å². The van der Waals surface area contributed by atoms with E-state index < -0.39 is 10.0 Å². The van der Waals surface area contributed by atoms with E-state index in [0.29, 0.717) is 67.0 Å². The molecule has 1 saturated heterocycles. The molecule has 14 heteroatoms. The second-order valence-electron chi connectivity index (χ2n) is 10.3. The van der Waals surface area contributed by atoms with Gasteiger partial charge in [0.15, 0.2) is 15.7 Å². The maximum absolute atomic E-state index is 13.8. The molecule has 0 radical (unpaired) electrons. The summed E-state index contributed by atoms with van der Waals surface area (Å²) in [6.45, 7) is 4.66. The predicted octanol–water partition coefficient (Wildman–Crippen LogP) is 4.03. The molecule has 0 bridgehead atoms. The summed E-state index contributed by atoms with van der Waals surface area (Å²) < 4.78 is 50.8. The molecule has 2 aromatic heterocycles. The second-order valence-corrected chi connectivity index (χ2v) is 14.2. The number of benzene rings is 2. The lowest BCUT2D eigenvalue weighted by molar-refractivity contribution is 0.251. The smallest absolute Gasteiger partial charge is 0.254 e. The van der Waals surface area contributed by atoms with Crippen molar-refractivity contribution in [2.45, 2.75) is 17.6 Å². The molecule has 4 aromatic rings. The van der Waals surface area contributed by atoms with Crippen molar-refractivity contribution in [3.05, 3.63) is 59.5 Å². The third kappa shape index (κ3) is 7.10. The average Bonchev–Trinajstić information content (AvgIpc) is 3.64. The first-order valence-corrected chi connectivity index (χ1v) is 16.9. The highest BCUT2D eigenvalue weighted by molar-refractivity contribution is 7.91. The number of hydrogen-bond donors (Lipinski definition) is 0. The van der Waals surface area contributed by atoms with Crippen LogP contribution in [0.4, 0.5) is 5.13 Å². The summed E-state index contributed by atoms with van der Waals surface area (Å²) in [5, 5.41) is 1.37. The van der Waals surface area contributed by atoms with Crippen LogP contribution >= 0.6 is 22.9 Å². The van der Waals surface area contributed by atoms with Gasteiger partial charge in [-0.3, -0.25) is 0 Å². The van der Waals surface area contributed by atoms with Gasteiger partial charge in [-0.2, -0.15) is 8.68 Å². The van der Waals surface area contributed by atoms with Crippen molar-refractivity contribution in [2.75, 3.05) is 72.5 Å². The number of rotatable bonds is 12. The summed E-state index contributed by atoms with van der Waals surface area (Å²) in [7, 11) is 3.44. The Kier molecular flexibility index (Phi) is 9.82. The zero-order valence-electron chi connectivity index (χ0n) is 24.9. The molecule has 0 amide bonds. The molecule has 5 rings (SSSR count). The Labute approximate surface area is 260 Å². The Bertz CT molecular complexity index is 1650. The highest BCUT2D eigenvalue weighted by Gasteiger charge is 2.33. The molecule has 0 N–H and O–H groups in total. The van der Waals surface area contributed by atoms with Crippen LogP contribution in [-0.4, -0.2) is 99.6 Å². The molecule has 1 fully saturated rings. The van der Waals surface area contributed by atoms with E-state index in [9.17, 15) is 8.42 Å². The van der Waals surface area contributed by atoms with Crippen molar-refractivity contribution in [3.8, 4) is 27.8 Å². The molecule has 1 aliphatic rings. The molecule has 0 unspecified atom stereocenters. The minimum Gasteiger partial charge on any atom is -0.497 e. The van der Waals surface area contributed by atoms with Gasteiger partial charge in [-0.1, -0.05) is 18.2 Å². The number of methoxy groups -OCH3 is 2. The Hall–Kier alpha value is -3.30. The van der Waals surface area contributed by atoms with Crippen LogP contribution in [0.1, 0.15) is 17.1 Å². The maximum Gasteiger partial charge on any atom is 0.254 e. The summed E-state index contributed by atoms with van der Waals surface area (Å²) in [4.78, 5) is 13.5. The monoisotopic (exact) mass is 644 g/mol. The molecule has 2 aromatic carbocycles. The highest BCUT2D eigenvalue weighted by atomic mass is 32.2. The van der Waals surface area contributed by atoms with Gasteiger partial charge >= 0.3 is 0 Å². The van der Waals surface area contributed by atoms with Crippen LogP contribution in [0.25, 0.3) is 10.6 Å². The Balaban J connectivity index is 1.28. The van der Waals surface area contributed by atoms with Gasteiger partial charge in [0.1, 0.15) is 23.2 Å². The topological polar surface area (TPSA) is 110 Å². The third-order valence-electron chi connectivity index (χ3n) is 7.01. The SMILES string of the molecule is COc1cccc(Cc2nsc(N3CCN(S(=O)(=O)c4sc(-c5cccc(OC)c5OCCN(C)C)nc4C)CC3)n2)c1. The predicted molar refractivity (Wildman–Crippen MR) is 170 cm³/mol. The number of anilines is 1. The minimum atomic E-state index is -3.74. The van der Waals surface area contributed by atoms with Crippen LogP contribution in [0.5, 0.6) is 17.2 Å². The molecule has 1 aliphatic heterocycles. The number of piperazine rings is 1. The molecule has 3 heterocycles. The van der Waals surface area contributed by atoms with E-state index in [1.54, 1.807) is 21.1 Å². The van der Waals surface area contributed by atoms with Crippen molar-refractivity contribution in [3.63, 3.8) is 0 Å². The first-order valence-electron chi connectivity index (χ1n) is 13.8. The molecule has 0 spiro atoms. The van der Waals surface area contributed by atoms with Gasteiger partial charge in [-0.25, -0.2) is 18.4 Å². The maximum atomic E-state index is 13.8. The molecule has 43 heavy (non-hydrogen) atoms. The zero-order chi connectivity index (χ0) is 30.6. The van der Waals surface area contributed by atoms with E-state index in [0.717, 1.165) is 40.2 Å². The van der Waals surface area contributed by atoms with Gasteiger partial charge in [0.25, 0.3) is 10.0 Å². The van der Waals surface area contributed by atoms with Gasteiger partial charge < -0.3 is 24.0 Å². The van der Waals surface area contributed by atoms with Crippen molar-refractivity contribution in [1.29, 1.82) is 0 Å². The zero-order valence-corrected chi connectivity index (χ0v) is 27.4. The van der Waals surface area contributed by atoms with E-state index >= 15 is 0 Å². The molecule has 0 atom stereocenters. The van der Waals surface area contributed by atoms with Crippen molar-refractivity contribution in [1.82, 2.24) is 23.5 Å². The standard InChI is InChI=1S/C29H36N6O5S3/c1-20-28(41-27(30-20)23-10-7-11-24(39-5)26(23)40-17-16-33(2)3)43(36,37)35-14-12-34(13-15-35)29-31-25(32-42-29)19-21-8-6-9-22(18-21)38-4/h6-11,18H,12-17,19H2,1-5H3. The number of para-hydroxylation sites is 1. The van der Waals surface area contributed by atoms with E-state index in [-0.39, 0.29) is 4.21 Å². The summed E-state index contributed by atoms with van der Waals surface area (Å²) in [6, 6.07) is 13.4. The number of aromatic nitrogens is 3. The molecular formula is C29H36N6O5S3. The molecular weight excluding hydrogens is 609 g/mol. The summed E-state index contributed by atoms with van der Waals surface area (Å²) in [5.74, 6) is 2.67. The van der Waals surface area contributed by atoms with Crippen LogP contribution in [0, 0.1) is 6.92 Å². The molecule has 0 saturated carbocycles. The highest BCUT2D eigenvalue weighted by Crippen LogP contribution is 2.42. The Morgan fingerprint density at radius 1 is 1.00 bits per heavy atom. The largest absolute Gasteiger partial charge is 0.497 e. The van der Waals surface area contributed by atoms with E-state index in [2.05, 4.69) is 14.3 Å². The number of nitrogens with zero attached hydrogens (tertiary/aromatic N) is 6. The number of aryl methyl sites for hydroxylation is 1. The van der Waals surface area contributed by atoms with Crippen molar-refractivity contribution < 1.29 is 22.6 Å². The second kappa shape index (κ2) is 13.6. The van der Waals surface area contributed by atoms with Crippen LogP contribution in [-0.2, 0) is 16.4 Å². The van der Waals surface area contributed by atoms with Crippen molar-refractivity contribution in [2.24, 2.45) is 0 Å². The van der Waals surface area contributed by atoms with Crippen LogP contribution in [0.2, 0.25) is 0 Å². The third-order valence-corrected chi connectivity index (χ3v) is 11.5. The van der Waals surface area contributed by atoms with E-state index in [1.165, 1.54) is 15.8 Å². The van der Waals surface area contributed by atoms with Gasteiger partial charge in [0.2, 0.25) is 5.13 Å². The molecule has 11 nitrogen and oxygen atoms in total. The molecule has 0 aliphatic carbocycles. The van der Waals surface area contributed by atoms with Gasteiger partial charge in [0, 0.05) is 50.7 Å². The van der Waals surface area contributed by atoms with Crippen molar-refractivity contribution >= 4 is 38.0 Å². The fourth-order valence-corrected chi connectivity index (χ4v) is 8.54. The number of likely N-dealkylation sites (N-methyl/N-ethyl adjacent to an activating group) is 1. The lowest BCUT2D eigenvalue weighted by Crippen LogP contribution is -2.48. The number of ether oxygens (including phenoxy) is 3. The first-order chi connectivity index (χ1) is 20.7. The summed E-state index contributed by atoms with van der Waals surface area (Å²) in [6.07, 6.45) is 0.602. The van der Waals surface area contributed by atoms with E-state index in [1.807, 2.05) is 61.5 Å². The molecule has 230 valence electrons. The van der Waals surface area contributed by atoms with Crippen LogP contribution in [0.3, 0.4) is 0 Å². The number of sulfonamides is 1. The Morgan fingerprint density at radius 3 is 2.49 bits per heavy atom. The fourth-order valence-electron chi connectivity index (χ4n) is 4.71. The fraction of sp³-hybridized carbons (Fsp3) is 0.414. The summed E-state index contributed by atoms with van der Waals surface area (Å²) >= 11 is 2.50. The quantitative estimate of drug-likeness (QED) is 0.224. The average molecular weight is 645 g/mol. The van der Waals surface area contributed by atoms with Gasteiger partial charge in [0.05, 0.1) is 25.5 Å². The minimum absolute atomic E-state index is 0.245. The first kappa shape index (κ1) is 31.1. The van der Waals surface area contributed by atoms with Crippen LogP contribution in [0.15, 0.2) is 46.7 Å². The van der Waals surface area contributed by atoms with E-state index in [4.69, 9.17) is 19.2 Å². The Morgan fingerprint density at radius 2 is 1.77 bits per heavy atom. The number of thiazole rings is 1. The van der Waals surface area contributed by atoms with Gasteiger partial charge in [-0.15, -0.1) is 11.3 Å². The lowest BCUT2D eigenvalue weighted by Gasteiger charge is -2.33. The number of hydrogen-bond acceptors (Lipinski definition) is 12. The lowest BCUT2D eigenvalue weighted by atomic mass is 10.1. The summed E-state index contributed by atoms with van der Waals surface area (Å²) in [5.41, 5.74) is 2.24. The van der Waals surface area contributed by atoms with Crippen LogP contribution < -0.4 is 19.1 Å². The normalized spacial score (nSPS) is 14.3.